The predicted octanol–water partition coefficient (Wildman–Crippen LogP) is 2.16. The van der Waals surface area contributed by atoms with Gasteiger partial charge in [0, 0.05) is 31.1 Å². The Balaban J connectivity index is 1.55. The van der Waals surface area contributed by atoms with Crippen LogP contribution in [0.25, 0.3) is 0 Å². The summed E-state index contributed by atoms with van der Waals surface area (Å²) in [5.41, 5.74) is 1.12. The first-order valence-electron chi connectivity index (χ1n) is 8.37. The molecule has 1 aromatic rings. The number of hydrogen-bond donors (Lipinski definition) is 1. The van der Waals surface area contributed by atoms with Gasteiger partial charge in [0.2, 0.25) is 0 Å². The number of aromatic nitrogens is 1. The van der Waals surface area contributed by atoms with E-state index in [1.165, 1.54) is 38.0 Å². The van der Waals surface area contributed by atoms with Crippen molar-refractivity contribution in [1.29, 1.82) is 0 Å². The van der Waals surface area contributed by atoms with Gasteiger partial charge in [0.05, 0.1) is 5.60 Å². The van der Waals surface area contributed by atoms with E-state index in [9.17, 15) is 0 Å². The largest absolute Gasteiger partial charge is 0.370 e. The summed E-state index contributed by atoms with van der Waals surface area (Å²) in [7, 11) is 0. The molecule has 0 radical (unpaired) electrons. The lowest BCUT2D eigenvalue weighted by molar-refractivity contribution is -0.0736. The Hall–Kier alpha value is -0.970. The van der Waals surface area contributed by atoms with E-state index in [4.69, 9.17) is 4.74 Å². The Morgan fingerprint density at radius 2 is 2.05 bits per heavy atom. The first-order valence-corrected chi connectivity index (χ1v) is 8.37. The maximum Gasteiger partial charge on any atom is 0.0970 e. The Morgan fingerprint density at radius 1 is 1.24 bits per heavy atom. The summed E-state index contributed by atoms with van der Waals surface area (Å²) in [4.78, 5) is 6.85. The highest BCUT2D eigenvalue weighted by Crippen LogP contribution is 2.34. The van der Waals surface area contributed by atoms with E-state index in [1.807, 2.05) is 18.5 Å². The second kappa shape index (κ2) is 7.34. The molecule has 3 heterocycles. The van der Waals surface area contributed by atoms with Crippen LogP contribution in [-0.4, -0.2) is 49.2 Å². The first kappa shape index (κ1) is 14.9. The van der Waals surface area contributed by atoms with Gasteiger partial charge in [0.25, 0.3) is 0 Å². The Morgan fingerprint density at radius 3 is 2.76 bits per heavy atom. The second-order valence-electron chi connectivity index (χ2n) is 6.24. The van der Waals surface area contributed by atoms with E-state index in [0.29, 0.717) is 0 Å². The van der Waals surface area contributed by atoms with Crippen LogP contribution in [0.3, 0.4) is 0 Å². The number of likely N-dealkylation sites (tertiary alicyclic amines) is 1. The van der Waals surface area contributed by atoms with E-state index in [-0.39, 0.29) is 5.60 Å². The normalized spacial score (nSPS) is 22.5. The fourth-order valence-corrected chi connectivity index (χ4v) is 3.54. The number of hydrogen-bond acceptors (Lipinski definition) is 4. The molecule has 116 valence electrons. The maximum absolute atomic E-state index is 6.41. The van der Waals surface area contributed by atoms with Crippen LogP contribution in [0, 0.1) is 0 Å². The summed E-state index contributed by atoms with van der Waals surface area (Å²) in [6, 6.07) is 4.19. The van der Waals surface area contributed by atoms with Gasteiger partial charge < -0.3 is 15.0 Å². The van der Waals surface area contributed by atoms with Crippen LogP contribution in [0.1, 0.15) is 37.7 Å². The van der Waals surface area contributed by atoms with Crippen molar-refractivity contribution in [2.75, 3.05) is 39.3 Å². The molecule has 1 N–H and O–H groups in total. The predicted molar refractivity (Wildman–Crippen MR) is 84.3 cm³/mol. The average Bonchev–Trinajstić information content (AvgIpc) is 3.07. The minimum atomic E-state index is -0.121. The molecule has 4 heteroatoms. The van der Waals surface area contributed by atoms with Crippen LogP contribution >= 0.6 is 0 Å². The molecule has 0 saturated carbocycles. The molecule has 0 amide bonds. The summed E-state index contributed by atoms with van der Waals surface area (Å²) < 4.78 is 6.41. The minimum Gasteiger partial charge on any atom is -0.370 e. The Kier molecular flexibility index (Phi) is 5.22. The number of rotatable bonds is 6. The minimum absolute atomic E-state index is 0.121. The van der Waals surface area contributed by atoms with Crippen molar-refractivity contribution in [3.63, 3.8) is 0 Å². The fourth-order valence-electron chi connectivity index (χ4n) is 3.54. The van der Waals surface area contributed by atoms with Crippen molar-refractivity contribution in [2.45, 2.75) is 37.7 Å². The van der Waals surface area contributed by atoms with Crippen LogP contribution < -0.4 is 5.32 Å². The third-order valence-electron chi connectivity index (χ3n) is 4.79. The van der Waals surface area contributed by atoms with Crippen molar-refractivity contribution in [3.05, 3.63) is 30.1 Å². The molecule has 2 aliphatic heterocycles. The molecule has 0 bridgehead atoms. The zero-order valence-electron chi connectivity index (χ0n) is 12.9. The summed E-state index contributed by atoms with van der Waals surface area (Å²) in [6.45, 7) is 6.64. The molecule has 0 aliphatic carbocycles. The third kappa shape index (κ3) is 3.82. The number of ether oxygens (including phenoxy) is 1. The summed E-state index contributed by atoms with van der Waals surface area (Å²) in [5.74, 6) is 0. The summed E-state index contributed by atoms with van der Waals surface area (Å²) >= 11 is 0. The quantitative estimate of drug-likeness (QED) is 0.814. The van der Waals surface area contributed by atoms with Crippen LogP contribution in [0.4, 0.5) is 0 Å². The lowest BCUT2D eigenvalue weighted by Crippen LogP contribution is -2.42. The summed E-state index contributed by atoms with van der Waals surface area (Å²) in [6.07, 6.45) is 9.77. The van der Waals surface area contributed by atoms with Crippen LogP contribution in [0.2, 0.25) is 0 Å². The molecule has 0 aromatic carbocycles. The van der Waals surface area contributed by atoms with Crippen LogP contribution in [0.15, 0.2) is 24.5 Å². The van der Waals surface area contributed by atoms with E-state index < -0.39 is 0 Å². The molecule has 2 aliphatic rings. The van der Waals surface area contributed by atoms with Crippen molar-refractivity contribution in [2.24, 2.45) is 0 Å². The molecule has 2 saturated heterocycles. The van der Waals surface area contributed by atoms with Gasteiger partial charge in [0.1, 0.15) is 0 Å². The molecule has 2 fully saturated rings. The van der Waals surface area contributed by atoms with E-state index in [2.05, 4.69) is 21.3 Å². The van der Waals surface area contributed by atoms with Crippen molar-refractivity contribution in [3.8, 4) is 0 Å². The maximum atomic E-state index is 6.41. The molecule has 3 rings (SSSR count). The zero-order valence-corrected chi connectivity index (χ0v) is 12.9. The van der Waals surface area contributed by atoms with Gasteiger partial charge in [-0.1, -0.05) is 6.07 Å². The highest BCUT2D eigenvalue weighted by Gasteiger charge is 2.34. The molecule has 1 aromatic heterocycles. The average molecular weight is 289 g/mol. The number of piperidine rings is 1. The van der Waals surface area contributed by atoms with E-state index in [0.717, 1.165) is 39.0 Å². The van der Waals surface area contributed by atoms with Crippen LogP contribution in [-0.2, 0) is 10.3 Å². The van der Waals surface area contributed by atoms with E-state index >= 15 is 0 Å². The highest BCUT2D eigenvalue weighted by molar-refractivity contribution is 5.19. The monoisotopic (exact) mass is 289 g/mol. The van der Waals surface area contributed by atoms with Gasteiger partial charge in [-0.3, -0.25) is 4.98 Å². The highest BCUT2D eigenvalue weighted by atomic mass is 16.5. The summed E-state index contributed by atoms with van der Waals surface area (Å²) in [5, 5.41) is 3.44. The van der Waals surface area contributed by atoms with E-state index in [1.54, 1.807) is 0 Å². The van der Waals surface area contributed by atoms with Crippen molar-refractivity contribution < 1.29 is 4.74 Å². The van der Waals surface area contributed by atoms with Gasteiger partial charge in [-0.25, -0.2) is 0 Å². The second-order valence-corrected chi connectivity index (χ2v) is 6.24. The molecular formula is C17H27N3O. The Labute approximate surface area is 127 Å². The number of pyridine rings is 1. The molecule has 21 heavy (non-hydrogen) atoms. The third-order valence-corrected chi connectivity index (χ3v) is 4.79. The van der Waals surface area contributed by atoms with Gasteiger partial charge >= 0.3 is 0 Å². The fraction of sp³-hybridized carbons (Fsp3) is 0.706. The molecule has 0 spiro atoms. The van der Waals surface area contributed by atoms with Crippen molar-refractivity contribution >= 4 is 0 Å². The Bertz CT molecular complexity index is 411. The smallest absolute Gasteiger partial charge is 0.0970 e. The molecule has 4 nitrogen and oxygen atoms in total. The SMILES string of the molecule is c1cncc(C2(OCCCN3CCCC3)CCNCC2)c1. The number of nitrogens with zero attached hydrogens (tertiary/aromatic N) is 2. The molecule has 0 unspecified atom stereocenters. The first-order chi connectivity index (χ1) is 10.4. The topological polar surface area (TPSA) is 37.4 Å². The lowest BCUT2D eigenvalue weighted by atomic mass is 9.85. The van der Waals surface area contributed by atoms with Gasteiger partial charge in [-0.15, -0.1) is 0 Å². The van der Waals surface area contributed by atoms with Gasteiger partial charge in [-0.2, -0.15) is 0 Å². The molecule has 0 atom stereocenters. The molecular weight excluding hydrogens is 262 g/mol. The van der Waals surface area contributed by atoms with Gasteiger partial charge in [-0.05, 0) is 64.3 Å². The van der Waals surface area contributed by atoms with Crippen LogP contribution in [0.5, 0.6) is 0 Å². The lowest BCUT2D eigenvalue weighted by Gasteiger charge is -2.38. The zero-order chi connectivity index (χ0) is 14.4. The van der Waals surface area contributed by atoms with Crippen molar-refractivity contribution in [1.82, 2.24) is 15.2 Å². The van der Waals surface area contributed by atoms with Gasteiger partial charge in [0.15, 0.2) is 0 Å². The number of nitrogens with one attached hydrogen (secondary N) is 1. The standard InChI is InChI=1S/C17H27N3O/c1-2-12-20(11-1)13-4-14-21-17(6-9-18-10-7-17)16-5-3-8-19-15-16/h3,5,8,15,18H,1-2,4,6-7,9-14H2.